The number of rotatable bonds is 6. The summed E-state index contributed by atoms with van der Waals surface area (Å²) in [5.74, 6) is -0.196. The second-order valence-corrected chi connectivity index (χ2v) is 5.72. The number of thiophene rings is 1. The molecule has 0 radical (unpaired) electrons. The molecule has 1 aromatic heterocycles. The third-order valence-corrected chi connectivity index (χ3v) is 4.08. The summed E-state index contributed by atoms with van der Waals surface area (Å²) in [6.07, 6.45) is 1.03. The minimum atomic E-state index is -0.196. The van der Waals surface area contributed by atoms with Gasteiger partial charge in [-0.2, -0.15) is 0 Å². The normalized spacial score (nSPS) is 11.2. The molecule has 1 heterocycles. The van der Waals surface area contributed by atoms with Crippen molar-refractivity contribution in [1.29, 1.82) is 0 Å². The first-order valence-electron chi connectivity index (χ1n) is 6.37. The number of nitrogens with two attached hydrogens (primary N) is 1. The Bertz CT molecular complexity index is 511. The van der Waals surface area contributed by atoms with E-state index in [0.717, 1.165) is 30.6 Å². The molecule has 19 heavy (non-hydrogen) atoms. The molecule has 0 saturated carbocycles. The molecule has 2 aromatic rings. The van der Waals surface area contributed by atoms with Crippen LogP contribution in [0.5, 0.6) is 0 Å². The molecule has 2 N–H and O–H groups in total. The molecule has 0 aliphatic rings. The summed E-state index contributed by atoms with van der Waals surface area (Å²) < 4.78 is 13.3. The minimum absolute atomic E-state index is 0.196. The molecule has 102 valence electrons. The predicted molar refractivity (Wildman–Crippen MR) is 78.6 cm³/mol. The summed E-state index contributed by atoms with van der Waals surface area (Å²) in [7, 11) is 2.05. The summed E-state index contributed by atoms with van der Waals surface area (Å²) in [5, 5.41) is 2.09. The van der Waals surface area contributed by atoms with Crippen LogP contribution in [0.1, 0.15) is 16.0 Å². The van der Waals surface area contributed by atoms with Gasteiger partial charge in [0.1, 0.15) is 5.82 Å². The number of halogens is 1. The first kappa shape index (κ1) is 14.2. The van der Waals surface area contributed by atoms with Crippen LogP contribution in [-0.2, 0) is 19.5 Å². The number of nitrogens with zero attached hydrogens (tertiary/aromatic N) is 1. The van der Waals surface area contributed by atoms with Crippen LogP contribution in [0.3, 0.4) is 0 Å². The maximum Gasteiger partial charge on any atom is 0.123 e. The Balaban J connectivity index is 1.94. The molecule has 0 aliphatic heterocycles. The van der Waals surface area contributed by atoms with Crippen molar-refractivity contribution in [3.05, 3.63) is 57.5 Å². The van der Waals surface area contributed by atoms with Crippen LogP contribution in [0.4, 0.5) is 4.39 Å². The molecule has 0 fully saturated rings. The lowest BCUT2D eigenvalue weighted by Crippen LogP contribution is -2.21. The van der Waals surface area contributed by atoms with Gasteiger partial charge in [-0.3, -0.25) is 0 Å². The van der Waals surface area contributed by atoms with E-state index in [4.69, 9.17) is 5.73 Å². The van der Waals surface area contributed by atoms with E-state index >= 15 is 0 Å². The molecule has 4 heteroatoms. The Hall–Kier alpha value is -1.23. The zero-order chi connectivity index (χ0) is 13.7. The molecular formula is C15H19FN2S. The maximum atomic E-state index is 13.3. The second-order valence-electron chi connectivity index (χ2n) is 4.68. The van der Waals surface area contributed by atoms with Crippen molar-refractivity contribution in [2.45, 2.75) is 19.5 Å². The summed E-state index contributed by atoms with van der Waals surface area (Å²) in [4.78, 5) is 3.58. The highest BCUT2D eigenvalue weighted by atomic mass is 32.1. The van der Waals surface area contributed by atoms with Gasteiger partial charge in [-0.15, -0.1) is 11.3 Å². The topological polar surface area (TPSA) is 29.3 Å². The van der Waals surface area contributed by atoms with Gasteiger partial charge in [0, 0.05) is 24.5 Å². The highest BCUT2D eigenvalue weighted by molar-refractivity contribution is 7.09. The van der Waals surface area contributed by atoms with E-state index < -0.39 is 0 Å². The maximum absolute atomic E-state index is 13.3. The van der Waals surface area contributed by atoms with E-state index in [1.807, 2.05) is 0 Å². The summed E-state index contributed by atoms with van der Waals surface area (Å²) in [6.45, 7) is 2.14. The van der Waals surface area contributed by atoms with Gasteiger partial charge in [-0.25, -0.2) is 4.39 Å². The van der Waals surface area contributed by atoms with E-state index in [9.17, 15) is 4.39 Å². The van der Waals surface area contributed by atoms with Crippen LogP contribution in [0.2, 0.25) is 0 Å². The van der Waals surface area contributed by atoms with Gasteiger partial charge >= 0.3 is 0 Å². The van der Waals surface area contributed by atoms with E-state index in [-0.39, 0.29) is 5.82 Å². The van der Waals surface area contributed by atoms with Crippen LogP contribution in [-0.4, -0.2) is 18.5 Å². The molecule has 0 atom stereocenters. The highest BCUT2D eigenvalue weighted by Gasteiger charge is 2.07. The zero-order valence-electron chi connectivity index (χ0n) is 11.1. The third-order valence-electron chi connectivity index (χ3n) is 3.15. The van der Waals surface area contributed by atoms with Gasteiger partial charge in [0.2, 0.25) is 0 Å². The highest BCUT2D eigenvalue weighted by Crippen LogP contribution is 2.14. The fraction of sp³-hybridized carbons (Fsp3) is 0.333. The van der Waals surface area contributed by atoms with Crippen LogP contribution in [0, 0.1) is 5.82 Å². The molecule has 0 spiro atoms. The third kappa shape index (κ3) is 4.13. The Morgan fingerprint density at radius 3 is 2.79 bits per heavy atom. The van der Waals surface area contributed by atoms with Crippen LogP contribution in [0.15, 0.2) is 35.7 Å². The van der Waals surface area contributed by atoms with Crippen molar-refractivity contribution in [3.8, 4) is 0 Å². The van der Waals surface area contributed by atoms with Gasteiger partial charge < -0.3 is 10.6 Å². The smallest absolute Gasteiger partial charge is 0.123 e. The van der Waals surface area contributed by atoms with Gasteiger partial charge in [0.15, 0.2) is 0 Å². The largest absolute Gasteiger partial charge is 0.326 e. The number of hydrogen-bond acceptors (Lipinski definition) is 3. The Morgan fingerprint density at radius 1 is 1.26 bits per heavy atom. The van der Waals surface area contributed by atoms with Gasteiger partial charge in [0.05, 0.1) is 0 Å². The van der Waals surface area contributed by atoms with E-state index in [0.29, 0.717) is 6.54 Å². The second kappa shape index (κ2) is 6.80. The minimum Gasteiger partial charge on any atom is -0.326 e. The van der Waals surface area contributed by atoms with Crippen LogP contribution in [0.25, 0.3) is 0 Å². The quantitative estimate of drug-likeness (QED) is 0.880. The van der Waals surface area contributed by atoms with Crippen LogP contribution < -0.4 is 5.73 Å². The average molecular weight is 278 g/mol. The molecule has 0 unspecified atom stereocenters. The van der Waals surface area contributed by atoms with Crippen molar-refractivity contribution in [1.82, 2.24) is 4.90 Å². The zero-order valence-corrected chi connectivity index (χ0v) is 11.9. The van der Waals surface area contributed by atoms with Crippen molar-refractivity contribution >= 4 is 11.3 Å². The van der Waals surface area contributed by atoms with Gasteiger partial charge in [-0.05, 0) is 48.2 Å². The summed E-state index contributed by atoms with van der Waals surface area (Å²) >= 11 is 1.77. The number of likely N-dealkylation sites (N-methyl/N-ethyl adjacent to an activating group) is 1. The first-order chi connectivity index (χ1) is 9.19. The molecule has 2 rings (SSSR count). The van der Waals surface area contributed by atoms with Gasteiger partial charge in [-0.1, -0.05) is 12.1 Å². The summed E-state index contributed by atoms with van der Waals surface area (Å²) in [5.41, 5.74) is 7.69. The monoisotopic (exact) mass is 278 g/mol. The molecular weight excluding hydrogens is 259 g/mol. The van der Waals surface area contributed by atoms with Crippen molar-refractivity contribution in [2.75, 3.05) is 13.6 Å². The average Bonchev–Trinajstić information content (AvgIpc) is 2.90. The molecule has 0 saturated heterocycles. The van der Waals surface area contributed by atoms with Crippen molar-refractivity contribution in [2.24, 2.45) is 5.73 Å². The lowest BCUT2D eigenvalue weighted by Gasteiger charge is -2.18. The first-order valence-corrected chi connectivity index (χ1v) is 7.25. The Kier molecular flexibility index (Phi) is 5.07. The Morgan fingerprint density at radius 2 is 2.11 bits per heavy atom. The lowest BCUT2D eigenvalue weighted by molar-refractivity contribution is 0.330. The summed E-state index contributed by atoms with van der Waals surface area (Å²) in [6, 6.07) is 9.05. The molecule has 0 bridgehead atoms. The molecule has 0 amide bonds. The van der Waals surface area contributed by atoms with Crippen LogP contribution >= 0.6 is 11.3 Å². The van der Waals surface area contributed by atoms with Crippen molar-refractivity contribution in [3.63, 3.8) is 0 Å². The van der Waals surface area contributed by atoms with E-state index in [1.54, 1.807) is 23.5 Å². The Labute approximate surface area is 117 Å². The number of benzene rings is 1. The lowest BCUT2D eigenvalue weighted by atomic mass is 10.1. The molecule has 2 nitrogen and oxygen atoms in total. The fourth-order valence-corrected chi connectivity index (χ4v) is 2.76. The van der Waals surface area contributed by atoms with E-state index in [2.05, 4.69) is 29.5 Å². The molecule has 0 aliphatic carbocycles. The molecule has 1 aromatic carbocycles. The van der Waals surface area contributed by atoms with E-state index in [1.165, 1.54) is 10.9 Å². The predicted octanol–water partition coefficient (Wildman–Crippen LogP) is 3.02. The standard InChI is InChI=1S/C15H19FN2S/c1-18(7-6-15-3-2-8-19-15)11-13-9-14(16)5-4-12(13)10-17/h2-5,8-9H,6-7,10-11,17H2,1H3. The fourth-order valence-electron chi connectivity index (χ4n) is 2.07. The van der Waals surface area contributed by atoms with Crippen molar-refractivity contribution < 1.29 is 4.39 Å². The van der Waals surface area contributed by atoms with Gasteiger partial charge in [0.25, 0.3) is 0 Å². The SMILES string of the molecule is CN(CCc1cccs1)Cc1cc(F)ccc1CN. The number of hydrogen-bond donors (Lipinski definition) is 1.